The number of para-hydroxylation sites is 1. The minimum absolute atomic E-state index is 0.238. The zero-order valence-electron chi connectivity index (χ0n) is 14.8. The molecule has 3 rings (SSSR count). The molecule has 0 unspecified atom stereocenters. The van der Waals surface area contributed by atoms with Gasteiger partial charge in [-0.2, -0.15) is 5.10 Å². The second kappa shape index (κ2) is 8.90. The lowest BCUT2D eigenvalue weighted by Gasteiger charge is -2.07. The van der Waals surface area contributed by atoms with Crippen molar-refractivity contribution in [1.82, 2.24) is 15.2 Å². The van der Waals surface area contributed by atoms with Crippen molar-refractivity contribution in [1.29, 1.82) is 0 Å². The summed E-state index contributed by atoms with van der Waals surface area (Å²) < 4.78 is 7.46. The summed E-state index contributed by atoms with van der Waals surface area (Å²) in [6, 6.07) is 14.1. The molecule has 0 spiro atoms. The molecule has 0 aliphatic carbocycles. The highest BCUT2D eigenvalue weighted by Crippen LogP contribution is 2.27. The number of halogens is 2. The first-order valence-electron chi connectivity index (χ1n) is 8.22. The zero-order chi connectivity index (χ0) is 20.1. The molecule has 0 radical (unpaired) electrons. The van der Waals surface area contributed by atoms with Gasteiger partial charge in [-0.3, -0.25) is 14.7 Å². The maximum absolute atomic E-state index is 12.5. The number of hydrazone groups is 1. The Balaban J connectivity index is 1.62. The number of nitrogens with one attached hydrogen (secondary N) is 2. The number of carbonyl (C=O) groups excluding carboxylic acids is 1. The lowest BCUT2D eigenvalue weighted by Crippen LogP contribution is -2.25. The number of ether oxygens (including phenoxy) is 1. The van der Waals surface area contributed by atoms with Crippen LogP contribution in [0.1, 0.15) is 11.3 Å². The van der Waals surface area contributed by atoms with E-state index in [4.69, 9.17) is 16.3 Å². The van der Waals surface area contributed by atoms with Gasteiger partial charge in [0.1, 0.15) is 5.75 Å². The highest BCUT2D eigenvalue weighted by molar-refractivity contribution is 9.10. The van der Waals surface area contributed by atoms with Crippen molar-refractivity contribution in [3.05, 3.63) is 79.6 Å². The molecule has 0 bridgehead atoms. The average molecular weight is 464 g/mol. The molecule has 144 valence electrons. The van der Waals surface area contributed by atoms with Gasteiger partial charge < -0.3 is 4.74 Å². The van der Waals surface area contributed by atoms with Crippen LogP contribution in [-0.2, 0) is 4.79 Å². The van der Waals surface area contributed by atoms with Gasteiger partial charge >= 0.3 is 0 Å². The van der Waals surface area contributed by atoms with E-state index < -0.39 is 5.91 Å². The van der Waals surface area contributed by atoms with Crippen LogP contribution in [0.4, 0.5) is 0 Å². The molecule has 28 heavy (non-hydrogen) atoms. The SMILES string of the molecule is Cc1[nH]n(-c2ccccc2)c(=O)c1C=NNC(=O)COc1ccc(Cl)cc1Br. The highest BCUT2D eigenvalue weighted by Gasteiger charge is 2.11. The Morgan fingerprint density at radius 3 is 2.79 bits per heavy atom. The van der Waals surface area contributed by atoms with Gasteiger partial charge in [0.05, 0.1) is 21.9 Å². The van der Waals surface area contributed by atoms with Crippen molar-refractivity contribution >= 4 is 39.7 Å². The number of H-pyrrole nitrogens is 1. The number of hydrogen-bond acceptors (Lipinski definition) is 4. The van der Waals surface area contributed by atoms with E-state index in [-0.39, 0.29) is 12.2 Å². The lowest BCUT2D eigenvalue weighted by atomic mass is 10.3. The van der Waals surface area contributed by atoms with Crippen LogP contribution in [0, 0.1) is 6.92 Å². The van der Waals surface area contributed by atoms with Gasteiger partial charge in [0.15, 0.2) is 6.61 Å². The minimum Gasteiger partial charge on any atom is -0.483 e. The number of aromatic amines is 1. The molecule has 3 aromatic rings. The lowest BCUT2D eigenvalue weighted by molar-refractivity contribution is -0.123. The van der Waals surface area contributed by atoms with Crippen LogP contribution in [0.25, 0.3) is 5.69 Å². The van der Waals surface area contributed by atoms with Crippen LogP contribution in [-0.4, -0.2) is 28.5 Å². The zero-order valence-corrected chi connectivity index (χ0v) is 17.1. The van der Waals surface area contributed by atoms with Crippen LogP contribution in [0.2, 0.25) is 5.02 Å². The summed E-state index contributed by atoms with van der Waals surface area (Å²) in [5, 5.41) is 7.38. The average Bonchev–Trinajstić information content (AvgIpc) is 2.96. The number of aryl methyl sites for hydroxylation is 1. The van der Waals surface area contributed by atoms with Crippen LogP contribution < -0.4 is 15.7 Å². The third-order valence-corrected chi connectivity index (χ3v) is 4.62. The van der Waals surface area contributed by atoms with Crippen molar-refractivity contribution in [2.45, 2.75) is 6.92 Å². The molecule has 1 aromatic heterocycles. The fourth-order valence-electron chi connectivity index (χ4n) is 2.41. The van der Waals surface area contributed by atoms with Crippen LogP contribution >= 0.6 is 27.5 Å². The van der Waals surface area contributed by atoms with E-state index in [2.05, 4.69) is 31.6 Å². The van der Waals surface area contributed by atoms with Crippen LogP contribution in [0.5, 0.6) is 5.75 Å². The maximum atomic E-state index is 12.5. The Hall–Kier alpha value is -2.84. The third-order valence-electron chi connectivity index (χ3n) is 3.77. The number of carbonyl (C=O) groups is 1. The van der Waals surface area contributed by atoms with Gasteiger partial charge in [0, 0.05) is 10.7 Å². The minimum atomic E-state index is -0.463. The number of rotatable bonds is 6. The summed E-state index contributed by atoms with van der Waals surface area (Å²) >= 11 is 9.17. The summed E-state index contributed by atoms with van der Waals surface area (Å²) in [5.74, 6) is 0.0189. The van der Waals surface area contributed by atoms with Crippen LogP contribution in [0.15, 0.2) is 62.9 Å². The maximum Gasteiger partial charge on any atom is 0.280 e. The summed E-state index contributed by atoms with van der Waals surface area (Å²) in [4.78, 5) is 24.4. The molecule has 2 N–H and O–H groups in total. The molecule has 1 heterocycles. The second-order valence-corrected chi connectivity index (χ2v) is 7.07. The molecular formula is C19H16BrClN4O3. The van der Waals surface area contributed by atoms with E-state index in [9.17, 15) is 9.59 Å². The Morgan fingerprint density at radius 1 is 1.32 bits per heavy atom. The van der Waals surface area contributed by atoms with Gasteiger partial charge in [0.2, 0.25) is 0 Å². The van der Waals surface area contributed by atoms with Crippen molar-refractivity contribution in [3.63, 3.8) is 0 Å². The van der Waals surface area contributed by atoms with Crippen molar-refractivity contribution in [3.8, 4) is 11.4 Å². The van der Waals surface area contributed by atoms with E-state index in [1.165, 1.54) is 10.9 Å². The fraction of sp³-hybridized carbons (Fsp3) is 0.105. The number of nitrogens with zero attached hydrogens (tertiary/aromatic N) is 2. The standard InChI is InChI=1S/C19H16BrClN4O3/c1-12-15(19(27)25(24-12)14-5-3-2-4-6-14)10-22-23-18(26)11-28-17-8-7-13(21)9-16(17)20/h2-10,24H,11H2,1H3,(H,23,26). The summed E-state index contributed by atoms with van der Waals surface area (Å²) in [6.45, 7) is 1.52. The fourth-order valence-corrected chi connectivity index (χ4v) is 3.20. The number of amides is 1. The Bertz CT molecular complexity index is 1080. The monoisotopic (exact) mass is 462 g/mol. The first kappa shape index (κ1) is 19.9. The first-order valence-corrected chi connectivity index (χ1v) is 9.39. The Morgan fingerprint density at radius 2 is 2.07 bits per heavy atom. The van der Waals surface area contributed by atoms with Crippen molar-refractivity contribution < 1.29 is 9.53 Å². The molecule has 0 aliphatic heterocycles. The summed E-state index contributed by atoms with van der Waals surface area (Å²) in [6.07, 6.45) is 1.31. The van der Waals surface area contributed by atoms with Crippen molar-refractivity contribution in [2.75, 3.05) is 6.61 Å². The van der Waals surface area contributed by atoms with Gasteiger partial charge in [-0.25, -0.2) is 10.1 Å². The second-order valence-electron chi connectivity index (χ2n) is 5.78. The summed E-state index contributed by atoms with van der Waals surface area (Å²) in [5.41, 5.74) is 3.77. The van der Waals surface area contributed by atoms with E-state index in [1.54, 1.807) is 25.1 Å². The molecule has 2 aromatic carbocycles. The largest absolute Gasteiger partial charge is 0.483 e. The molecule has 0 atom stereocenters. The Labute approximate surface area is 174 Å². The third kappa shape index (κ3) is 4.71. The quantitative estimate of drug-likeness (QED) is 0.434. The predicted molar refractivity (Wildman–Crippen MR) is 112 cm³/mol. The van der Waals surface area contributed by atoms with Crippen molar-refractivity contribution in [2.24, 2.45) is 5.10 Å². The smallest absolute Gasteiger partial charge is 0.280 e. The molecule has 0 saturated heterocycles. The number of hydrogen-bond donors (Lipinski definition) is 2. The van der Waals surface area contributed by atoms with Gasteiger partial charge in [-0.1, -0.05) is 29.8 Å². The molecule has 1 amide bonds. The van der Waals surface area contributed by atoms with E-state index in [1.807, 2.05) is 30.3 Å². The molecule has 9 heteroatoms. The normalized spacial score (nSPS) is 11.0. The Kier molecular flexibility index (Phi) is 6.33. The van der Waals surface area contributed by atoms with Gasteiger partial charge in [-0.05, 0) is 53.2 Å². The van der Waals surface area contributed by atoms with Gasteiger partial charge in [-0.15, -0.1) is 0 Å². The molecular weight excluding hydrogens is 448 g/mol. The van der Waals surface area contributed by atoms with E-state index in [0.717, 1.165) is 0 Å². The number of benzene rings is 2. The molecule has 0 aliphatic rings. The number of aromatic nitrogens is 2. The molecule has 7 nitrogen and oxygen atoms in total. The van der Waals surface area contributed by atoms with Gasteiger partial charge in [0.25, 0.3) is 11.5 Å². The topological polar surface area (TPSA) is 88.5 Å². The van der Waals surface area contributed by atoms with E-state index >= 15 is 0 Å². The molecule has 0 fully saturated rings. The highest BCUT2D eigenvalue weighted by atomic mass is 79.9. The first-order chi connectivity index (χ1) is 13.5. The summed E-state index contributed by atoms with van der Waals surface area (Å²) in [7, 11) is 0. The van der Waals surface area contributed by atoms with E-state index in [0.29, 0.717) is 32.2 Å². The predicted octanol–water partition coefficient (Wildman–Crippen LogP) is 3.42. The van der Waals surface area contributed by atoms with Crippen LogP contribution in [0.3, 0.4) is 0 Å². The molecule has 0 saturated carbocycles.